The first kappa shape index (κ1) is 15.7. The van der Waals surface area contributed by atoms with Crippen molar-refractivity contribution < 1.29 is 27.9 Å². The molecule has 1 atom stereocenters. The van der Waals surface area contributed by atoms with Gasteiger partial charge in [0.25, 0.3) is 5.91 Å². The highest BCUT2D eigenvalue weighted by molar-refractivity contribution is 5.94. The van der Waals surface area contributed by atoms with Crippen LogP contribution >= 0.6 is 0 Å². The third-order valence-corrected chi connectivity index (χ3v) is 3.03. The van der Waals surface area contributed by atoms with Gasteiger partial charge >= 0.3 is 5.97 Å². The molecule has 0 aliphatic heterocycles. The van der Waals surface area contributed by atoms with E-state index in [4.69, 9.17) is 4.42 Å². The molecule has 0 spiro atoms. The van der Waals surface area contributed by atoms with E-state index in [1.807, 2.05) is 6.92 Å². The van der Waals surface area contributed by atoms with E-state index in [1.165, 1.54) is 6.07 Å². The van der Waals surface area contributed by atoms with Crippen molar-refractivity contribution in [1.82, 2.24) is 5.32 Å². The highest BCUT2D eigenvalue weighted by Gasteiger charge is 2.25. The molecule has 2 N–H and O–H groups in total. The molecule has 1 heterocycles. The van der Waals surface area contributed by atoms with Gasteiger partial charge in [0, 0.05) is 6.42 Å². The fraction of sp³-hybridized carbons (Fsp3) is 0.200. The number of hydrogen-bond acceptors (Lipinski definition) is 3. The lowest BCUT2D eigenvalue weighted by Crippen LogP contribution is -2.33. The lowest BCUT2D eigenvalue weighted by molar-refractivity contribution is -0.139. The van der Waals surface area contributed by atoms with Crippen LogP contribution in [0.3, 0.4) is 0 Å². The molecule has 0 saturated carbocycles. The lowest BCUT2D eigenvalue weighted by Gasteiger charge is -2.14. The van der Waals surface area contributed by atoms with Crippen LogP contribution in [0.4, 0.5) is 8.78 Å². The van der Waals surface area contributed by atoms with Crippen molar-refractivity contribution in [2.24, 2.45) is 0 Å². The first-order chi connectivity index (χ1) is 10.4. The Morgan fingerprint density at radius 3 is 2.50 bits per heavy atom. The van der Waals surface area contributed by atoms with Gasteiger partial charge in [0.2, 0.25) is 0 Å². The second kappa shape index (κ2) is 6.38. The molecule has 0 fully saturated rings. The smallest absolute Gasteiger partial charge is 0.330 e. The number of amides is 1. The summed E-state index contributed by atoms with van der Waals surface area (Å²) in [5.74, 6) is -3.92. The Kier molecular flexibility index (Phi) is 4.55. The summed E-state index contributed by atoms with van der Waals surface area (Å²) in [6.45, 7) is 1.84. The average Bonchev–Trinajstić information content (AvgIpc) is 2.96. The second-order valence-electron chi connectivity index (χ2n) is 4.54. The van der Waals surface area contributed by atoms with Crippen molar-refractivity contribution in [3.63, 3.8) is 0 Å². The number of aliphatic carboxylic acids is 1. The Balaban J connectivity index is 2.23. The first-order valence-corrected chi connectivity index (χ1v) is 6.49. The van der Waals surface area contributed by atoms with Gasteiger partial charge in [-0.15, -0.1) is 0 Å². The Bertz CT molecular complexity index is 711. The number of benzene rings is 1. The highest BCUT2D eigenvalue weighted by atomic mass is 19.2. The zero-order valence-corrected chi connectivity index (χ0v) is 11.6. The molecule has 5 nitrogen and oxygen atoms in total. The van der Waals surface area contributed by atoms with Gasteiger partial charge in [-0.05, 0) is 29.8 Å². The van der Waals surface area contributed by atoms with Gasteiger partial charge in [0.15, 0.2) is 23.4 Å². The number of furan rings is 1. The molecule has 22 heavy (non-hydrogen) atoms. The van der Waals surface area contributed by atoms with Gasteiger partial charge in [-0.1, -0.05) is 13.0 Å². The van der Waals surface area contributed by atoms with Crippen LogP contribution in [-0.4, -0.2) is 17.0 Å². The van der Waals surface area contributed by atoms with Gasteiger partial charge in [-0.25, -0.2) is 13.6 Å². The molecule has 1 amide bonds. The van der Waals surface area contributed by atoms with Gasteiger partial charge in [0.1, 0.15) is 5.76 Å². The van der Waals surface area contributed by atoms with Gasteiger partial charge < -0.3 is 14.8 Å². The minimum absolute atomic E-state index is 0.0503. The summed E-state index contributed by atoms with van der Waals surface area (Å²) >= 11 is 0. The van der Waals surface area contributed by atoms with E-state index in [1.54, 1.807) is 6.07 Å². The second-order valence-corrected chi connectivity index (χ2v) is 4.54. The molecule has 0 radical (unpaired) electrons. The number of aryl methyl sites for hydroxylation is 1. The van der Waals surface area contributed by atoms with E-state index in [0.717, 1.165) is 18.2 Å². The number of nitrogens with one attached hydrogen (secondary N) is 1. The summed E-state index contributed by atoms with van der Waals surface area (Å²) in [5, 5.41) is 11.4. The van der Waals surface area contributed by atoms with Crippen molar-refractivity contribution in [2.45, 2.75) is 19.4 Å². The van der Waals surface area contributed by atoms with Crippen molar-refractivity contribution in [1.29, 1.82) is 0 Å². The quantitative estimate of drug-likeness (QED) is 0.890. The van der Waals surface area contributed by atoms with E-state index >= 15 is 0 Å². The summed E-state index contributed by atoms with van der Waals surface area (Å²) in [6, 6.07) is 4.12. The van der Waals surface area contributed by atoms with Gasteiger partial charge in [0.05, 0.1) is 0 Å². The molecule has 0 saturated heterocycles. The first-order valence-electron chi connectivity index (χ1n) is 6.49. The predicted molar refractivity (Wildman–Crippen MR) is 72.3 cm³/mol. The number of carbonyl (C=O) groups is 2. The molecule has 7 heteroatoms. The minimum atomic E-state index is -1.52. The number of hydrogen-bond donors (Lipinski definition) is 2. The normalized spacial score (nSPS) is 12.0. The van der Waals surface area contributed by atoms with Crippen molar-refractivity contribution in [2.75, 3.05) is 0 Å². The van der Waals surface area contributed by atoms with E-state index < -0.39 is 29.6 Å². The molecule has 2 aromatic rings. The number of halogens is 2. The van der Waals surface area contributed by atoms with Crippen LogP contribution in [0.15, 0.2) is 34.7 Å². The Morgan fingerprint density at radius 1 is 1.23 bits per heavy atom. The van der Waals surface area contributed by atoms with Crippen LogP contribution in [-0.2, 0) is 11.2 Å². The van der Waals surface area contributed by atoms with Crippen molar-refractivity contribution >= 4 is 11.9 Å². The maximum absolute atomic E-state index is 13.2. The van der Waals surface area contributed by atoms with Crippen LogP contribution in [0, 0.1) is 11.6 Å². The number of carboxylic acids is 1. The largest absolute Gasteiger partial charge is 0.479 e. The van der Waals surface area contributed by atoms with Gasteiger partial charge in [-0.3, -0.25) is 4.79 Å². The third-order valence-electron chi connectivity index (χ3n) is 3.03. The van der Waals surface area contributed by atoms with Crippen LogP contribution < -0.4 is 5.32 Å². The van der Waals surface area contributed by atoms with Crippen molar-refractivity contribution in [3.8, 4) is 0 Å². The summed E-state index contributed by atoms with van der Waals surface area (Å²) < 4.78 is 31.3. The zero-order valence-electron chi connectivity index (χ0n) is 11.6. The van der Waals surface area contributed by atoms with Crippen LogP contribution in [0.2, 0.25) is 0 Å². The number of carbonyl (C=O) groups excluding carboxylic acids is 1. The summed E-state index contributed by atoms with van der Waals surface area (Å²) in [7, 11) is 0. The number of rotatable bonds is 5. The molecule has 2 rings (SSSR count). The topological polar surface area (TPSA) is 79.5 Å². The molecule has 116 valence electrons. The van der Waals surface area contributed by atoms with E-state index in [2.05, 4.69) is 5.32 Å². The maximum atomic E-state index is 13.2. The van der Waals surface area contributed by atoms with E-state index in [-0.39, 0.29) is 11.3 Å². The summed E-state index contributed by atoms with van der Waals surface area (Å²) in [6.07, 6.45) is 0.582. The molecule has 0 unspecified atom stereocenters. The molecule has 1 aromatic heterocycles. The van der Waals surface area contributed by atoms with Crippen LogP contribution in [0.5, 0.6) is 0 Å². The lowest BCUT2D eigenvalue weighted by atomic mass is 10.1. The SMILES string of the molecule is CCc1ccc(C(=O)N[C@@H](C(=O)O)c2ccc(F)c(F)c2)o1. The zero-order chi connectivity index (χ0) is 16.3. The summed E-state index contributed by atoms with van der Waals surface area (Å²) in [4.78, 5) is 23.2. The Labute approximate surface area is 124 Å². The van der Waals surface area contributed by atoms with Crippen LogP contribution in [0.25, 0.3) is 0 Å². The Hall–Kier alpha value is -2.70. The molecular weight excluding hydrogens is 296 g/mol. The molecule has 0 bridgehead atoms. The molecule has 0 aliphatic carbocycles. The van der Waals surface area contributed by atoms with Crippen LogP contribution in [0.1, 0.15) is 34.8 Å². The highest BCUT2D eigenvalue weighted by Crippen LogP contribution is 2.18. The molecular formula is C15H13F2NO4. The molecule has 0 aliphatic rings. The average molecular weight is 309 g/mol. The van der Waals surface area contributed by atoms with E-state index in [0.29, 0.717) is 12.2 Å². The Morgan fingerprint density at radius 2 is 1.95 bits per heavy atom. The van der Waals surface area contributed by atoms with Crippen molar-refractivity contribution in [3.05, 3.63) is 59.1 Å². The predicted octanol–water partition coefficient (Wildman–Crippen LogP) is 2.68. The minimum Gasteiger partial charge on any atom is -0.479 e. The fourth-order valence-electron chi connectivity index (χ4n) is 1.87. The number of carboxylic acid groups (broad SMARTS) is 1. The molecule has 1 aromatic carbocycles. The van der Waals surface area contributed by atoms with E-state index in [9.17, 15) is 23.5 Å². The maximum Gasteiger partial charge on any atom is 0.330 e. The summed E-state index contributed by atoms with van der Waals surface area (Å²) in [5.41, 5.74) is -0.0815. The fourth-order valence-corrected chi connectivity index (χ4v) is 1.87. The van der Waals surface area contributed by atoms with Gasteiger partial charge in [-0.2, -0.15) is 0 Å². The third kappa shape index (κ3) is 3.30. The standard InChI is InChI=1S/C15H13F2NO4/c1-2-9-4-6-12(22-9)14(19)18-13(15(20)21)8-3-5-10(16)11(17)7-8/h3-7,13H,2H2,1H3,(H,18,19)(H,20,21)/t13-/m1/s1. The monoisotopic (exact) mass is 309 g/mol.